The van der Waals surface area contributed by atoms with E-state index in [9.17, 15) is 8.78 Å². The van der Waals surface area contributed by atoms with Crippen LogP contribution in [0.25, 0.3) is 0 Å². The molecular weight excluding hydrogens is 288 g/mol. The van der Waals surface area contributed by atoms with Crippen molar-refractivity contribution in [1.82, 2.24) is 5.32 Å². The number of rotatable bonds is 5. The van der Waals surface area contributed by atoms with Crippen molar-refractivity contribution in [3.63, 3.8) is 0 Å². The molecule has 0 aliphatic rings. The molecule has 1 nitrogen and oxygen atoms in total. The SMILES string of the molecule is CCNC(Cc1ccc(F)cc1F)c1sccc1Cl. The van der Waals surface area contributed by atoms with Gasteiger partial charge >= 0.3 is 0 Å². The van der Waals surface area contributed by atoms with E-state index in [1.165, 1.54) is 23.5 Å². The Kier molecular flexibility index (Phi) is 4.91. The van der Waals surface area contributed by atoms with Crippen molar-refractivity contribution in [3.05, 3.63) is 56.7 Å². The number of likely N-dealkylation sites (N-methyl/N-ethyl adjacent to an activating group) is 1. The summed E-state index contributed by atoms with van der Waals surface area (Å²) in [6.45, 7) is 2.73. The molecule has 0 aliphatic heterocycles. The molecule has 1 aromatic heterocycles. The Labute approximate surface area is 120 Å². The number of thiophene rings is 1. The van der Waals surface area contributed by atoms with E-state index >= 15 is 0 Å². The second kappa shape index (κ2) is 6.46. The Morgan fingerprint density at radius 3 is 2.68 bits per heavy atom. The van der Waals surface area contributed by atoms with Gasteiger partial charge in [-0.15, -0.1) is 11.3 Å². The molecule has 2 aromatic rings. The summed E-state index contributed by atoms with van der Waals surface area (Å²) in [5, 5.41) is 5.87. The highest BCUT2D eigenvalue weighted by molar-refractivity contribution is 7.10. The Balaban J connectivity index is 2.24. The first-order chi connectivity index (χ1) is 9.11. The van der Waals surface area contributed by atoms with Crippen LogP contribution in [0, 0.1) is 11.6 Å². The standard InChI is InChI=1S/C14H14ClF2NS/c1-2-18-13(14-11(15)5-6-19-14)7-9-3-4-10(16)8-12(9)17/h3-6,8,13,18H,2,7H2,1H3. The topological polar surface area (TPSA) is 12.0 Å². The summed E-state index contributed by atoms with van der Waals surface area (Å²) in [6.07, 6.45) is 0.445. The molecule has 0 radical (unpaired) electrons. The van der Waals surface area contributed by atoms with Gasteiger partial charge in [-0.2, -0.15) is 0 Å². The quantitative estimate of drug-likeness (QED) is 0.853. The molecule has 0 amide bonds. The van der Waals surface area contributed by atoms with Gasteiger partial charge in [0.05, 0.1) is 5.02 Å². The van der Waals surface area contributed by atoms with Crippen LogP contribution in [0.4, 0.5) is 8.78 Å². The Bertz CT molecular complexity index is 556. The van der Waals surface area contributed by atoms with Crippen LogP contribution in [-0.4, -0.2) is 6.54 Å². The van der Waals surface area contributed by atoms with Gasteiger partial charge in [0.15, 0.2) is 0 Å². The zero-order valence-corrected chi connectivity index (χ0v) is 12.0. The molecule has 1 aromatic carbocycles. The van der Waals surface area contributed by atoms with Crippen LogP contribution in [0.3, 0.4) is 0 Å². The number of nitrogens with one attached hydrogen (secondary N) is 1. The maximum absolute atomic E-state index is 13.7. The lowest BCUT2D eigenvalue weighted by Crippen LogP contribution is -2.22. The van der Waals surface area contributed by atoms with Gasteiger partial charge in [-0.3, -0.25) is 0 Å². The van der Waals surface area contributed by atoms with E-state index in [1.54, 1.807) is 0 Å². The van der Waals surface area contributed by atoms with Gasteiger partial charge in [-0.05, 0) is 36.0 Å². The van der Waals surface area contributed by atoms with E-state index in [4.69, 9.17) is 11.6 Å². The van der Waals surface area contributed by atoms with Crippen molar-refractivity contribution in [2.24, 2.45) is 0 Å². The molecular formula is C14H14ClF2NS. The fourth-order valence-corrected chi connectivity index (χ4v) is 3.23. The van der Waals surface area contributed by atoms with E-state index in [1.807, 2.05) is 18.4 Å². The molecule has 0 bridgehead atoms. The zero-order valence-electron chi connectivity index (χ0n) is 10.4. The summed E-state index contributed by atoms with van der Waals surface area (Å²) >= 11 is 7.65. The average Bonchev–Trinajstić information content (AvgIpc) is 2.78. The molecule has 19 heavy (non-hydrogen) atoms. The summed E-state index contributed by atoms with van der Waals surface area (Å²) in [5.41, 5.74) is 0.483. The fourth-order valence-electron chi connectivity index (χ4n) is 1.97. The summed E-state index contributed by atoms with van der Waals surface area (Å²) < 4.78 is 26.6. The molecule has 0 fully saturated rings. The Morgan fingerprint density at radius 1 is 1.32 bits per heavy atom. The summed E-state index contributed by atoms with van der Waals surface area (Å²) in [6, 6.07) is 5.44. The molecule has 5 heteroatoms. The second-order valence-electron chi connectivity index (χ2n) is 4.18. The van der Waals surface area contributed by atoms with Gasteiger partial charge < -0.3 is 5.32 Å². The molecule has 0 saturated carbocycles. The lowest BCUT2D eigenvalue weighted by molar-refractivity contribution is 0.526. The average molecular weight is 302 g/mol. The Morgan fingerprint density at radius 2 is 2.11 bits per heavy atom. The molecule has 1 unspecified atom stereocenters. The van der Waals surface area contributed by atoms with Gasteiger partial charge in [-0.1, -0.05) is 24.6 Å². The predicted molar refractivity (Wildman–Crippen MR) is 75.8 cm³/mol. The highest BCUT2D eigenvalue weighted by Crippen LogP contribution is 2.31. The van der Waals surface area contributed by atoms with Crippen LogP contribution in [0.2, 0.25) is 5.02 Å². The van der Waals surface area contributed by atoms with Crippen LogP contribution < -0.4 is 5.32 Å². The van der Waals surface area contributed by atoms with Crippen LogP contribution in [-0.2, 0) is 6.42 Å². The van der Waals surface area contributed by atoms with E-state index in [0.717, 1.165) is 17.5 Å². The predicted octanol–water partition coefficient (Wildman–Crippen LogP) is 4.57. The normalized spacial score (nSPS) is 12.6. The molecule has 102 valence electrons. The minimum atomic E-state index is -0.560. The van der Waals surface area contributed by atoms with E-state index < -0.39 is 11.6 Å². The van der Waals surface area contributed by atoms with Crippen molar-refractivity contribution >= 4 is 22.9 Å². The first-order valence-corrected chi connectivity index (χ1v) is 7.27. The van der Waals surface area contributed by atoms with Gasteiger partial charge in [-0.25, -0.2) is 8.78 Å². The highest BCUT2D eigenvalue weighted by atomic mass is 35.5. The van der Waals surface area contributed by atoms with Crippen molar-refractivity contribution < 1.29 is 8.78 Å². The molecule has 0 spiro atoms. The minimum Gasteiger partial charge on any atom is -0.309 e. The monoisotopic (exact) mass is 301 g/mol. The third-order valence-corrected chi connectivity index (χ3v) is 4.32. The van der Waals surface area contributed by atoms with Crippen LogP contribution in [0.15, 0.2) is 29.6 Å². The van der Waals surface area contributed by atoms with Crippen molar-refractivity contribution in [2.75, 3.05) is 6.54 Å². The largest absolute Gasteiger partial charge is 0.309 e. The number of halogens is 3. The summed E-state index contributed by atoms with van der Waals surface area (Å²) in [4.78, 5) is 0.979. The first kappa shape index (κ1) is 14.4. The summed E-state index contributed by atoms with van der Waals surface area (Å²) in [5.74, 6) is -1.08. The van der Waals surface area contributed by atoms with E-state index in [-0.39, 0.29) is 6.04 Å². The fraction of sp³-hybridized carbons (Fsp3) is 0.286. The second-order valence-corrected chi connectivity index (χ2v) is 5.54. The Hall–Kier alpha value is -0.970. The highest BCUT2D eigenvalue weighted by Gasteiger charge is 2.17. The maximum Gasteiger partial charge on any atom is 0.129 e. The first-order valence-electron chi connectivity index (χ1n) is 6.02. The van der Waals surface area contributed by atoms with Crippen LogP contribution in [0.1, 0.15) is 23.4 Å². The van der Waals surface area contributed by atoms with E-state index in [0.29, 0.717) is 17.0 Å². The van der Waals surface area contributed by atoms with Crippen molar-refractivity contribution in [2.45, 2.75) is 19.4 Å². The lowest BCUT2D eigenvalue weighted by atomic mass is 10.0. The van der Waals surface area contributed by atoms with Gasteiger partial charge in [0.1, 0.15) is 11.6 Å². The van der Waals surface area contributed by atoms with Gasteiger partial charge in [0.2, 0.25) is 0 Å². The van der Waals surface area contributed by atoms with Gasteiger partial charge in [0, 0.05) is 17.0 Å². The lowest BCUT2D eigenvalue weighted by Gasteiger charge is -2.17. The molecule has 0 aliphatic carbocycles. The van der Waals surface area contributed by atoms with Gasteiger partial charge in [0.25, 0.3) is 0 Å². The summed E-state index contributed by atoms with van der Waals surface area (Å²) in [7, 11) is 0. The number of hydrogen-bond acceptors (Lipinski definition) is 2. The molecule has 2 rings (SSSR count). The van der Waals surface area contributed by atoms with Crippen molar-refractivity contribution in [1.29, 1.82) is 0 Å². The maximum atomic E-state index is 13.7. The molecule has 1 N–H and O–H groups in total. The smallest absolute Gasteiger partial charge is 0.129 e. The van der Waals surface area contributed by atoms with Crippen molar-refractivity contribution in [3.8, 4) is 0 Å². The molecule has 1 atom stereocenters. The third-order valence-electron chi connectivity index (χ3n) is 2.85. The van der Waals surface area contributed by atoms with E-state index in [2.05, 4.69) is 5.32 Å². The minimum absolute atomic E-state index is 0.0579. The van der Waals surface area contributed by atoms with Crippen LogP contribution >= 0.6 is 22.9 Å². The number of hydrogen-bond donors (Lipinski definition) is 1. The molecule has 0 saturated heterocycles. The third kappa shape index (κ3) is 3.53. The van der Waals surface area contributed by atoms with Crippen LogP contribution in [0.5, 0.6) is 0 Å². The molecule has 1 heterocycles. The number of benzene rings is 1. The zero-order chi connectivity index (χ0) is 13.8.